The Hall–Kier alpha value is -1.36. The smallest absolute Gasteiger partial charge is 0.186 e. The second-order valence-electron chi connectivity index (χ2n) is 2.30. The van der Waals surface area contributed by atoms with E-state index in [2.05, 4.69) is 13.0 Å². The molecular formula is C9H10N2+. The molecule has 0 bridgehead atoms. The molecule has 0 aliphatic heterocycles. The molecule has 0 N–H and O–H groups in total. The standard InChI is InChI=1S/C9H10N2/c1-2-5-11-6-3-4-9(7-10)8-11/h3-4,6,8H,1-2,5H2/q+1. The SMILES string of the molecule is [CH2]CC[n+]1cccc(C#N)c1. The molecule has 1 rings (SSSR count). The van der Waals surface area contributed by atoms with Crippen LogP contribution in [0.4, 0.5) is 0 Å². The lowest BCUT2D eigenvalue weighted by molar-refractivity contribution is -0.696. The van der Waals surface area contributed by atoms with E-state index in [4.69, 9.17) is 5.26 Å². The third kappa shape index (κ3) is 2.05. The Labute approximate surface area is 66.7 Å². The van der Waals surface area contributed by atoms with Gasteiger partial charge >= 0.3 is 0 Å². The summed E-state index contributed by atoms with van der Waals surface area (Å²) in [6.45, 7) is 4.60. The van der Waals surface area contributed by atoms with Gasteiger partial charge in [-0.2, -0.15) is 5.26 Å². The second kappa shape index (κ2) is 3.72. The summed E-state index contributed by atoms with van der Waals surface area (Å²) < 4.78 is 1.96. The molecule has 0 unspecified atom stereocenters. The van der Waals surface area contributed by atoms with Crippen LogP contribution in [-0.4, -0.2) is 0 Å². The van der Waals surface area contributed by atoms with Crippen molar-refractivity contribution >= 4 is 0 Å². The van der Waals surface area contributed by atoms with E-state index in [-0.39, 0.29) is 0 Å². The first-order chi connectivity index (χ1) is 5.36. The van der Waals surface area contributed by atoms with Gasteiger partial charge in [-0.05, 0) is 13.0 Å². The third-order valence-corrected chi connectivity index (χ3v) is 1.40. The molecule has 1 aromatic rings. The number of rotatable bonds is 2. The van der Waals surface area contributed by atoms with Gasteiger partial charge in [-0.15, -0.1) is 0 Å². The van der Waals surface area contributed by atoms with E-state index in [0.29, 0.717) is 5.56 Å². The number of hydrogen-bond acceptors (Lipinski definition) is 1. The molecular weight excluding hydrogens is 136 g/mol. The molecule has 55 valence electrons. The summed E-state index contributed by atoms with van der Waals surface area (Å²) in [5.41, 5.74) is 0.695. The normalized spacial score (nSPS) is 9.09. The summed E-state index contributed by atoms with van der Waals surface area (Å²) >= 11 is 0. The van der Waals surface area contributed by atoms with Gasteiger partial charge in [0.15, 0.2) is 12.4 Å². The molecule has 0 aromatic carbocycles. The molecule has 0 aliphatic carbocycles. The maximum atomic E-state index is 8.55. The van der Waals surface area contributed by atoms with Crippen molar-refractivity contribution < 1.29 is 4.57 Å². The molecule has 2 heteroatoms. The third-order valence-electron chi connectivity index (χ3n) is 1.40. The van der Waals surface area contributed by atoms with Gasteiger partial charge < -0.3 is 0 Å². The van der Waals surface area contributed by atoms with E-state index in [0.717, 1.165) is 13.0 Å². The highest BCUT2D eigenvalue weighted by atomic mass is 14.9. The van der Waals surface area contributed by atoms with Gasteiger partial charge in [0.2, 0.25) is 0 Å². The van der Waals surface area contributed by atoms with E-state index in [9.17, 15) is 0 Å². The van der Waals surface area contributed by atoms with E-state index in [1.807, 2.05) is 23.0 Å². The molecule has 1 radical (unpaired) electrons. The Kier molecular flexibility index (Phi) is 2.62. The maximum Gasteiger partial charge on any atom is 0.186 e. The average molecular weight is 146 g/mol. The highest BCUT2D eigenvalue weighted by Gasteiger charge is 1.98. The number of aromatic nitrogens is 1. The van der Waals surface area contributed by atoms with Crippen LogP contribution in [0.25, 0.3) is 0 Å². The van der Waals surface area contributed by atoms with Gasteiger partial charge in [0.25, 0.3) is 0 Å². The summed E-state index contributed by atoms with van der Waals surface area (Å²) in [4.78, 5) is 0. The maximum absolute atomic E-state index is 8.55. The van der Waals surface area contributed by atoms with Crippen LogP contribution in [0.15, 0.2) is 24.5 Å². The van der Waals surface area contributed by atoms with Gasteiger partial charge in [-0.1, -0.05) is 0 Å². The van der Waals surface area contributed by atoms with Crippen molar-refractivity contribution in [1.82, 2.24) is 0 Å². The number of aryl methyl sites for hydroxylation is 1. The van der Waals surface area contributed by atoms with Crippen LogP contribution < -0.4 is 4.57 Å². The van der Waals surface area contributed by atoms with Crippen LogP contribution in [0.2, 0.25) is 0 Å². The van der Waals surface area contributed by atoms with Gasteiger partial charge in [0.1, 0.15) is 18.2 Å². The largest absolute Gasteiger partial charge is 0.204 e. The first kappa shape index (κ1) is 7.74. The topological polar surface area (TPSA) is 27.7 Å². The second-order valence-corrected chi connectivity index (χ2v) is 2.30. The van der Waals surface area contributed by atoms with Crippen LogP contribution >= 0.6 is 0 Å². The van der Waals surface area contributed by atoms with E-state index in [1.54, 1.807) is 6.07 Å². The molecule has 0 aliphatic rings. The van der Waals surface area contributed by atoms with Crippen molar-refractivity contribution in [1.29, 1.82) is 5.26 Å². The first-order valence-corrected chi connectivity index (χ1v) is 3.55. The Morgan fingerprint density at radius 1 is 1.64 bits per heavy atom. The fraction of sp³-hybridized carbons (Fsp3) is 0.222. The lowest BCUT2D eigenvalue weighted by Gasteiger charge is -1.91. The summed E-state index contributed by atoms with van der Waals surface area (Å²) in [5, 5.41) is 8.55. The molecule has 0 amide bonds. The molecule has 1 heterocycles. The molecule has 0 saturated carbocycles. The van der Waals surface area contributed by atoms with Crippen molar-refractivity contribution in [3.8, 4) is 6.07 Å². The Bertz CT molecular complexity index is 273. The molecule has 2 nitrogen and oxygen atoms in total. The van der Waals surface area contributed by atoms with Crippen LogP contribution in [0, 0.1) is 18.3 Å². The summed E-state index contributed by atoms with van der Waals surface area (Å²) in [6.07, 6.45) is 4.61. The fourth-order valence-corrected chi connectivity index (χ4v) is 0.910. The fourth-order valence-electron chi connectivity index (χ4n) is 0.910. The number of nitriles is 1. The molecule has 1 aromatic heterocycles. The van der Waals surface area contributed by atoms with Crippen molar-refractivity contribution in [3.63, 3.8) is 0 Å². The van der Waals surface area contributed by atoms with Crippen LogP contribution in [0.5, 0.6) is 0 Å². The zero-order valence-electron chi connectivity index (χ0n) is 6.33. The minimum Gasteiger partial charge on any atom is -0.204 e. The first-order valence-electron chi connectivity index (χ1n) is 3.55. The zero-order chi connectivity index (χ0) is 8.10. The van der Waals surface area contributed by atoms with Gasteiger partial charge in [-0.25, -0.2) is 4.57 Å². The Balaban J connectivity index is 2.85. The van der Waals surface area contributed by atoms with E-state index < -0.39 is 0 Å². The van der Waals surface area contributed by atoms with Crippen LogP contribution in [-0.2, 0) is 6.54 Å². The lowest BCUT2D eigenvalue weighted by atomic mass is 10.3. The summed E-state index contributed by atoms with van der Waals surface area (Å²) in [7, 11) is 0. The summed E-state index contributed by atoms with van der Waals surface area (Å²) in [6, 6.07) is 5.75. The van der Waals surface area contributed by atoms with Gasteiger partial charge in [0, 0.05) is 12.5 Å². The van der Waals surface area contributed by atoms with Crippen LogP contribution in [0.1, 0.15) is 12.0 Å². The average Bonchev–Trinajstić information content (AvgIpc) is 2.06. The highest BCUT2D eigenvalue weighted by Crippen LogP contribution is 1.90. The quantitative estimate of drug-likeness (QED) is 0.573. The summed E-state index contributed by atoms with van der Waals surface area (Å²) in [5.74, 6) is 0. The molecule has 0 atom stereocenters. The van der Waals surface area contributed by atoms with Crippen molar-refractivity contribution in [3.05, 3.63) is 37.0 Å². The predicted molar refractivity (Wildman–Crippen MR) is 41.3 cm³/mol. The lowest BCUT2D eigenvalue weighted by Crippen LogP contribution is -2.32. The number of pyridine rings is 1. The van der Waals surface area contributed by atoms with E-state index >= 15 is 0 Å². The Morgan fingerprint density at radius 2 is 2.45 bits per heavy atom. The van der Waals surface area contributed by atoms with E-state index in [1.165, 1.54) is 0 Å². The molecule has 11 heavy (non-hydrogen) atoms. The molecule has 0 fully saturated rings. The zero-order valence-corrected chi connectivity index (χ0v) is 6.33. The molecule has 0 spiro atoms. The van der Waals surface area contributed by atoms with Gasteiger partial charge in [0.05, 0.1) is 0 Å². The number of hydrogen-bond donors (Lipinski definition) is 0. The molecule has 0 saturated heterocycles. The van der Waals surface area contributed by atoms with Crippen molar-refractivity contribution in [2.45, 2.75) is 13.0 Å². The monoisotopic (exact) mass is 146 g/mol. The highest BCUT2D eigenvalue weighted by molar-refractivity contribution is 5.21. The minimum atomic E-state index is 0.695. The van der Waals surface area contributed by atoms with Crippen molar-refractivity contribution in [2.75, 3.05) is 0 Å². The number of nitrogens with zero attached hydrogens (tertiary/aromatic N) is 2. The Morgan fingerprint density at radius 3 is 3.09 bits per heavy atom. The van der Waals surface area contributed by atoms with Crippen LogP contribution in [0.3, 0.4) is 0 Å². The van der Waals surface area contributed by atoms with Crippen molar-refractivity contribution in [2.24, 2.45) is 0 Å². The van der Waals surface area contributed by atoms with Gasteiger partial charge in [-0.3, -0.25) is 0 Å². The predicted octanol–water partition coefficient (Wildman–Crippen LogP) is 1.07. The minimum absolute atomic E-state index is 0.695.